The van der Waals surface area contributed by atoms with Gasteiger partial charge >= 0.3 is 0 Å². The third kappa shape index (κ3) is 7.77. The fourth-order valence-electron chi connectivity index (χ4n) is 1.09. The van der Waals surface area contributed by atoms with Gasteiger partial charge < -0.3 is 10.2 Å². The fourth-order valence-corrected chi connectivity index (χ4v) is 1.09. The van der Waals surface area contributed by atoms with Crippen LogP contribution in [0.25, 0.3) is 0 Å². The van der Waals surface area contributed by atoms with Gasteiger partial charge in [0.15, 0.2) is 0 Å². The first-order valence-corrected chi connectivity index (χ1v) is 5.41. The van der Waals surface area contributed by atoms with Gasteiger partial charge in [-0.05, 0) is 37.1 Å². The predicted molar refractivity (Wildman–Crippen MR) is 71.6 cm³/mol. The van der Waals surface area contributed by atoms with Gasteiger partial charge in [-0.25, -0.2) is 0 Å². The molecule has 0 fully saturated rings. The molecule has 2 N–H and O–H groups in total. The molecule has 3 heteroatoms. The van der Waals surface area contributed by atoms with E-state index in [1.54, 1.807) is 24.3 Å². The van der Waals surface area contributed by atoms with Crippen molar-refractivity contribution >= 4 is 0 Å². The molecule has 0 radical (unpaired) electrons. The maximum Gasteiger partial charge on any atom is 0.283 e. The Morgan fingerprint density at radius 2 is 1.17 bits per heavy atom. The van der Waals surface area contributed by atoms with Crippen LogP contribution in [0.4, 0.5) is 0 Å². The number of aliphatic hydroxyl groups excluding tert-OH is 1. The predicted octanol–water partition coefficient (Wildman–Crippen LogP) is 3.54. The Labute approximate surface area is 108 Å². The zero-order valence-electron chi connectivity index (χ0n) is 10.5. The first kappa shape index (κ1) is 15.5. The Hall–Kier alpha value is -2.47. The molecular formula is C15H17NO2. The first-order valence-electron chi connectivity index (χ1n) is 5.41. The minimum absolute atomic E-state index is 0.322. The van der Waals surface area contributed by atoms with E-state index in [-0.39, 0.29) is 0 Å². The van der Waals surface area contributed by atoms with E-state index in [0.29, 0.717) is 5.75 Å². The zero-order chi connectivity index (χ0) is 13.8. The summed E-state index contributed by atoms with van der Waals surface area (Å²) in [6, 6.07) is 17.1. The van der Waals surface area contributed by atoms with E-state index in [0.717, 1.165) is 6.26 Å². The van der Waals surface area contributed by atoms with Crippen LogP contribution in [0.1, 0.15) is 11.1 Å². The number of nitriles is 1. The second-order valence-corrected chi connectivity index (χ2v) is 3.52. The van der Waals surface area contributed by atoms with Crippen molar-refractivity contribution in [1.29, 1.82) is 5.26 Å². The van der Waals surface area contributed by atoms with E-state index >= 15 is 0 Å². The molecule has 0 heterocycles. The molecule has 0 saturated carbocycles. The van der Waals surface area contributed by atoms with Gasteiger partial charge in [-0.3, -0.25) is 0 Å². The molecule has 94 valence electrons. The number of phenols is 1. The van der Waals surface area contributed by atoms with Crippen molar-refractivity contribution in [3.63, 3.8) is 0 Å². The molecule has 0 aromatic heterocycles. The number of para-hydroxylation sites is 1. The first-order chi connectivity index (χ1) is 8.61. The van der Waals surface area contributed by atoms with E-state index < -0.39 is 0 Å². The lowest BCUT2D eigenvalue weighted by molar-refractivity contribution is 0.475. The number of rotatable bonds is 0. The second kappa shape index (κ2) is 9.73. The van der Waals surface area contributed by atoms with Crippen molar-refractivity contribution in [2.24, 2.45) is 0 Å². The third-order valence-corrected chi connectivity index (χ3v) is 2.18. The number of aromatic hydroxyl groups is 1. The normalized spacial score (nSPS) is 7.83. The number of hydrogen-bond donors (Lipinski definition) is 2. The topological polar surface area (TPSA) is 64.2 Å². The van der Waals surface area contributed by atoms with Crippen LogP contribution in [0, 0.1) is 25.4 Å². The van der Waals surface area contributed by atoms with E-state index in [1.165, 1.54) is 11.1 Å². The lowest BCUT2D eigenvalue weighted by Gasteiger charge is -1.93. The standard InChI is InChI=1S/C8H10.C6H6O.CHNO/c1-7-5-3-4-6-8(7)2;7-6-4-2-1-3-5-6;2-1-3/h3-6H,1-2H3;1-5,7H;3H. The summed E-state index contributed by atoms with van der Waals surface area (Å²) in [5, 5.41) is 22.4. The number of phenolic OH excluding ortho intramolecular Hbond substituents is 1. The summed E-state index contributed by atoms with van der Waals surface area (Å²) in [5.74, 6) is 0.322. The summed E-state index contributed by atoms with van der Waals surface area (Å²) >= 11 is 0. The summed E-state index contributed by atoms with van der Waals surface area (Å²) in [5.41, 5.74) is 2.74. The SMILES string of the molecule is Cc1ccccc1C.N#CO.Oc1ccccc1. The van der Waals surface area contributed by atoms with Crippen molar-refractivity contribution in [3.05, 3.63) is 65.7 Å². The van der Waals surface area contributed by atoms with E-state index in [9.17, 15) is 0 Å². The largest absolute Gasteiger partial charge is 0.508 e. The third-order valence-electron chi connectivity index (χ3n) is 2.18. The van der Waals surface area contributed by atoms with Gasteiger partial charge in [-0.15, -0.1) is 0 Å². The molecular weight excluding hydrogens is 226 g/mol. The Kier molecular flexibility index (Phi) is 8.40. The number of aliphatic hydroxyl groups is 1. The van der Waals surface area contributed by atoms with Gasteiger partial charge in [0.1, 0.15) is 5.75 Å². The minimum atomic E-state index is 0.322. The van der Waals surface area contributed by atoms with E-state index in [2.05, 4.69) is 38.1 Å². The van der Waals surface area contributed by atoms with Crippen LogP contribution in [-0.2, 0) is 0 Å². The molecule has 18 heavy (non-hydrogen) atoms. The van der Waals surface area contributed by atoms with Crippen LogP contribution in [0.15, 0.2) is 54.6 Å². The van der Waals surface area contributed by atoms with Crippen LogP contribution >= 0.6 is 0 Å². The average Bonchev–Trinajstić information content (AvgIpc) is 2.36. The van der Waals surface area contributed by atoms with Gasteiger partial charge in [0, 0.05) is 0 Å². The Morgan fingerprint density at radius 1 is 0.833 bits per heavy atom. The molecule has 0 aliphatic carbocycles. The highest BCUT2D eigenvalue weighted by molar-refractivity contribution is 5.23. The quantitative estimate of drug-likeness (QED) is 0.695. The van der Waals surface area contributed by atoms with Crippen molar-refractivity contribution in [3.8, 4) is 12.0 Å². The highest BCUT2D eigenvalue weighted by atomic mass is 16.3. The van der Waals surface area contributed by atoms with E-state index in [1.807, 2.05) is 6.07 Å². The molecule has 0 bridgehead atoms. The molecule has 2 rings (SSSR count). The molecule has 2 aromatic rings. The highest BCUT2D eigenvalue weighted by Gasteiger charge is 1.83. The molecule has 0 aliphatic heterocycles. The fraction of sp³-hybridized carbons (Fsp3) is 0.133. The number of aryl methyl sites for hydroxylation is 2. The van der Waals surface area contributed by atoms with Crippen molar-refractivity contribution in [2.45, 2.75) is 13.8 Å². The molecule has 3 nitrogen and oxygen atoms in total. The van der Waals surface area contributed by atoms with Gasteiger partial charge in [-0.1, -0.05) is 42.5 Å². The van der Waals surface area contributed by atoms with Gasteiger partial charge in [0.25, 0.3) is 6.26 Å². The molecule has 0 amide bonds. The summed E-state index contributed by atoms with van der Waals surface area (Å²) in [6.07, 6.45) is 0.750. The Bertz CT molecular complexity index is 454. The smallest absolute Gasteiger partial charge is 0.283 e. The molecule has 2 aromatic carbocycles. The van der Waals surface area contributed by atoms with Crippen LogP contribution in [0.3, 0.4) is 0 Å². The summed E-state index contributed by atoms with van der Waals surface area (Å²) in [7, 11) is 0. The van der Waals surface area contributed by atoms with Gasteiger partial charge in [-0.2, -0.15) is 5.26 Å². The highest BCUT2D eigenvalue weighted by Crippen LogP contribution is 2.03. The number of nitrogens with zero attached hydrogens (tertiary/aromatic N) is 1. The Morgan fingerprint density at radius 3 is 1.39 bits per heavy atom. The average molecular weight is 243 g/mol. The number of hydrogen-bond acceptors (Lipinski definition) is 3. The Balaban J connectivity index is 0.000000267. The molecule has 0 unspecified atom stereocenters. The second-order valence-electron chi connectivity index (χ2n) is 3.52. The molecule has 0 saturated heterocycles. The van der Waals surface area contributed by atoms with Crippen molar-refractivity contribution < 1.29 is 10.2 Å². The van der Waals surface area contributed by atoms with Crippen LogP contribution in [-0.4, -0.2) is 10.2 Å². The van der Waals surface area contributed by atoms with Gasteiger partial charge in [0.2, 0.25) is 0 Å². The van der Waals surface area contributed by atoms with Crippen LogP contribution in [0.5, 0.6) is 5.75 Å². The molecule has 0 atom stereocenters. The summed E-state index contributed by atoms with van der Waals surface area (Å²) < 4.78 is 0. The molecule has 0 aliphatic rings. The monoisotopic (exact) mass is 243 g/mol. The van der Waals surface area contributed by atoms with Crippen molar-refractivity contribution in [1.82, 2.24) is 0 Å². The van der Waals surface area contributed by atoms with Crippen molar-refractivity contribution in [2.75, 3.05) is 0 Å². The minimum Gasteiger partial charge on any atom is -0.508 e. The van der Waals surface area contributed by atoms with Gasteiger partial charge in [0.05, 0.1) is 0 Å². The maximum atomic E-state index is 8.63. The zero-order valence-corrected chi connectivity index (χ0v) is 10.5. The lowest BCUT2D eigenvalue weighted by atomic mass is 10.1. The maximum absolute atomic E-state index is 8.63. The van der Waals surface area contributed by atoms with Crippen LogP contribution in [0.2, 0.25) is 0 Å². The summed E-state index contributed by atoms with van der Waals surface area (Å²) in [6.45, 7) is 4.24. The summed E-state index contributed by atoms with van der Waals surface area (Å²) in [4.78, 5) is 0. The van der Waals surface area contributed by atoms with E-state index in [4.69, 9.17) is 15.5 Å². The molecule has 0 spiro atoms. The number of benzene rings is 2. The van der Waals surface area contributed by atoms with Crippen LogP contribution < -0.4 is 0 Å². The lowest BCUT2D eigenvalue weighted by Crippen LogP contribution is -1.74.